The van der Waals surface area contributed by atoms with Crippen LogP contribution in [-0.4, -0.2) is 48.8 Å². The Labute approximate surface area is 124 Å². The second-order valence-electron chi connectivity index (χ2n) is 5.52. The van der Waals surface area contributed by atoms with Crippen LogP contribution in [0.4, 0.5) is 5.69 Å². The molecule has 0 aliphatic carbocycles. The summed E-state index contributed by atoms with van der Waals surface area (Å²) in [5, 5.41) is 9.21. The Kier molecular flexibility index (Phi) is 4.87. The van der Waals surface area contributed by atoms with Gasteiger partial charge in [-0.25, -0.2) is 0 Å². The minimum Gasteiger partial charge on any atom is -0.396 e. The quantitative estimate of drug-likeness (QED) is 0.925. The second-order valence-corrected chi connectivity index (χ2v) is 6.37. The zero-order valence-corrected chi connectivity index (χ0v) is 13.5. The first-order valence-corrected chi connectivity index (χ1v) is 7.66. The van der Waals surface area contributed by atoms with E-state index in [0.29, 0.717) is 12.1 Å². The molecule has 0 radical (unpaired) electrons. The van der Waals surface area contributed by atoms with Crippen molar-refractivity contribution in [2.45, 2.75) is 32.4 Å². The molecule has 2 atom stereocenters. The lowest BCUT2D eigenvalue weighted by atomic mass is 10.0. The molecule has 3 nitrogen and oxygen atoms in total. The van der Waals surface area contributed by atoms with Crippen molar-refractivity contribution in [2.75, 3.05) is 31.6 Å². The molecule has 1 aromatic carbocycles. The van der Waals surface area contributed by atoms with E-state index in [1.807, 2.05) is 0 Å². The van der Waals surface area contributed by atoms with Crippen LogP contribution >= 0.6 is 15.9 Å². The summed E-state index contributed by atoms with van der Waals surface area (Å²) in [4.78, 5) is 4.81. The number of halogens is 1. The van der Waals surface area contributed by atoms with Gasteiger partial charge in [0, 0.05) is 41.9 Å². The average Bonchev–Trinajstić information content (AvgIpc) is 2.38. The van der Waals surface area contributed by atoms with Gasteiger partial charge in [-0.15, -0.1) is 0 Å². The summed E-state index contributed by atoms with van der Waals surface area (Å²) in [5.41, 5.74) is 2.53. The van der Waals surface area contributed by atoms with Crippen LogP contribution in [-0.2, 0) is 0 Å². The number of aliphatic hydroxyl groups excluding tert-OH is 1. The van der Waals surface area contributed by atoms with Gasteiger partial charge in [0.25, 0.3) is 0 Å². The summed E-state index contributed by atoms with van der Waals surface area (Å²) in [6.45, 7) is 6.63. The van der Waals surface area contributed by atoms with E-state index < -0.39 is 0 Å². The number of nitrogens with zero attached hydrogens (tertiary/aromatic N) is 2. The fourth-order valence-electron chi connectivity index (χ4n) is 2.70. The monoisotopic (exact) mass is 326 g/mol. The molecular weight excluding hydrogens is 304 g/mol. The number of rotatable bonds is 3. The predicted molar refractivity (Wildman–Crippen MR) is 83.8 cm³/mol. The minimum absolute atomic E-state index is 0.257. The SMILES string of the molecule is Cc1ccc(N2CC(C)N(C)C(CCO)C2)cc1Br. The Hall–Kier alpha value is -0.580. The van der Waals surface area contributed by atoms with Crippen LogP contribution < -0.4 is 4.90 Å². The molecule has 1 aromatic rings. The maximum absolute atomic E-state index is 9.21. The van der Waals surface area contributed by atoms with Crippen molar-refractivity contribution >= 4 is 21.6 Å². The number of benzene rings is 1. The fraction of sp³-hybridized carbons (Fsp3) is 0.600. The van der Waals surface area contributed by atoms with E-state index in [2.05, 4.69) is 64.8 Å². The molecule has 19 heavy (non-hydrogen) atoms. The number of hydrogen-bond donors (Lipinski definition) is 1. The van der Waals surface area contributed by atoms with Gasteiger partial charge in [-0.05, 0) is 45.0 Å². The number of anilines is 1. The summed E-state index contributed by atoms with van der Waals surface area (Å²) >= 11 is 3.61. The Bertz CT molecular complexity index is 438. The Morgan fingerprint density at radius 1 is 1.37 bits per heavy atom. The van der Waals surface area contributed by atoms with Gasteiger partial charge in [0.15, 0.2) is 0 Å². The van der Waals surface area contributed by atoms with Crippen LogP contribution in [0.1, 0.15) is 18.9 Å². The van der Waals surface area contributed by atoms with Crippen molar-refractivity contribution < 1.29 is 5.11 Å². The fourth-order valence-corrected chi connectivity index (χ4v) is 3.07. The van der Waals surface area contributed by atoms with Gasteiger partial charge >= 0.3 is 0 Å². The van der Waals surface area contributed by atoms with E-state index in [-0.39, 0.29) is 6.61 Å². The van der Waals surface area contributed by atoms with Gasteiger partial charge in [-0.1, -0.05) is 22.0 Å². The zero-order valence-electron chi connectivity index (χ0n) is 11.9. The molecule has 0 aromatic heterocycles. The molecular formula is C15H23BrN2O. The maximum Gasteiger partial charge on any atom is 0.0446 e. The van der Waals surface area contributed by atoms with Gasteiger partial charge in [-0.2, -0.15) is 0 Å². The average molecular weight is 327 g/mol. The highest BCUT2D eigenvalue weighted by Crippen LogP contribution is 2.27. The van der Waals surface area contributed by atoms with E-state index in [0.717, 1.165) is 24.0 Å². The molecule has 1 heterocycles. The molecule has 1 aliphatic rings. The highest BCUT2D eigenvalue weighted by molar-refractivity contribution is 9.10. The predicted octanol–water partition coefficient (Wildman–Crippen LogP) is 2.65. The highest BCUT2D eigenvalue weighted by Gasteiger charge is 2.29. The van der Waals surface area contributed by atoms with Crippen molar-refractivity contribution in [3.63, 3.8) is 0 Å². The molecule has 1 aliphatic heterocycles. The first-order valence-electron chi connectivity index (χ1n) is 6.87. The van der Waals surface area contributed by atoms with Crippen molar-refractivity contribution in [1.29, 1.82) is 0 Å². The molecule has 0 bridgehead atoms. The molecule has 2 unspecified atom stereocenters. The summed E-state index contributed by atoms with van der Waals surface area (Å²) in [6, 6.07) is 7.47. The van der Waals surface area contributed by atoms with Gasteiger partial charge in [-0.3, -0.25) is 4.90 Å². The molecule has 1 fully saturated rings. The lowest BCUT2D eigenvalue weighted by Crippen LogP contribution is -2.56. The van der Waals surface area contributed by atoms with E-state index in [9.17, 15) is 5.11 Å². The highest BCUT2D eigenvalue weighted by atomic mass is 79.9. The molecule has 0 saturated carbocycles. The summed E-state index contributed by atoms with van der Waals surface area (Å²) < 4.78 is 1.16. The third kappa shape index (κ3) is 3.30. The number of piperazine rings is 1. The molecule has 4 heteroatoms. The van der Waals surface area contributed by atoms with Crippen molar-refractivity contribution in [1.82, 2.24) is 4.90 Å². The summed E-state index contributed by atoms with van der Waals surface area (Å²) in [5.74, 6) is 0. The van der Waals surface area contributed by atoms with E-state index in [1.165, 1.54) is 11.3 Å². The van der Waals surface area contributed by atoms with Gasteiger partial charge in [0.2, 0.25) is 0 Å². The standard InChI is InChI=1S/C15H23BrN2O/c1-11-4-5-13(8-15(11)16)18-9-12(2)17(3)14(10-18)6-7-19/h4-5,8,12,14,19H,6-7,9-10H2,1-3H3. The van der Waals surface area contributed by atoms with Crippen molar-refractivity contribution in [3.05, 3.63) is 28.2 Å². The third-order valence-corrected chi connectivity index (χ3v) is 5.02. The van der Waals surface area contributed by atoms with Crippen molar-refractivity contribution in [2.24, 2.45) is 0 Å². The number of likely N-dealkylation sites (N-methyl/N-ethyl adjacent to an activating group) is 1. The van der Waals surface area contributed by atoms with E-state index in [4.69, 9.17) is 0 Å². The summed E-state index contributed by atoms with van der Waals surface area (Å²) in [6.07, 6.45) is 0.838. The van der Waals surface area contributed by atoms with Gasteiger partial charge < -0.3 is 10.0 Å². The lowest BCUT2D eigenvalue weighted by Gasteiger charge is -2.45. The molecule has 1 saturated heterocycles. The Morgan fingerprint density at radius 2 is 2.11 bits per heavy atom. The maximum atomic E-state index is 9.21. The molecule has 0 amide bonds. The van der Waals surface area contributed by atoms with Crippen LogP contribution in [0.2, 0.25) is 0 Å². The first kappa shape index (κ1) is 14.8. The first-order chi connectivity index (χ1) is 9.02. The smallest absolute Gasteiger partial charge is 0.0446 e. The molecule has 0 spiro atoms. The van der Waals surface area contributed by atoms with Crippen LogP contribution in [0.3, 0.4) is 0 Å². The van der Waals surface area contributed by atoms with Crippen LogP contribution in [0, 0.1) is 6.92 Å². The molecule has 1 N–H and O–H groups in total. The summed E-state index contributed by atoms with van der Waals surface area (Å²) in [7, 11) is 2.16. The lowest BCUT2D eigenvalue weighted by molar-refractivity contribution is 0.128. The van der Waals surface area contributed by atoms with E-state index >= 15 is 0 Å². The van der Waals surface area contributed by atoms with Crippen LogP contribution in [0.15, 0.2) is 22.7 Å². The normalized spacial score (nSPS) is 24.8. The topological polar surface area (TPSA) is 26.7 Å². The molecule has 106 valence electrons. The van der Waals surface area contributed by atoms with Crippen molar-refractivity contribution in [3.8, 4) is 0 Å². The second kappa shape index (κ2) is 6.25. The minimum atomic E-state index is 0.257. The number of aryl methyl sites for hydroxylation is 1. The van der Waals surface area contributed by atoms with Crippen LogP contribution in [0.5, 0.6) is 0 Å². The molecule has 2 rings (SSSR count). The third-order valence-electron chi connectivity index (χ3n) is 4.17. The van der Waals surface area contributed by atoms with Crippen LogP contribution in [0.25, 0.3) is 0 Å². The van der Waals surface area contributed by atoms with Gasteiger partial charge in [0.1, 0.15) is 0 Å². The van der Waals surface area contributed by atoms with E-state index in [1.54, 1.807) is 0 Å². The number of aliphatic hydroxyl groups is 1. The number of hydrogen-bond acceptors (Lipinski definition) is 3. The van der Waals surface area contributed by atoms with Gasteiger partial charge in [0.05, 0.1) is 0 Å². The zero-order chi connectivity index (χ0) is 14.0. The Morgan fingerprint density at radius 3 is 2.74 bits per heavy atom. The largest absolute Gasteiger partial charge is 0.396 e. The Balaban J connectivity index is 2.17.